The van der Waals surface area contributed by atoms with Gasteiger partial charge in [-0.25, -0.2) is 4.98 Å². The van der Waals surface area contributed by atoms with Crippen LogP contribution in [0.4, 0.5) is 0 Å². The number of ether oxygens (including phenoxy) is 1. The van der Waals surface area contributed by atoms with Crippen molar-refractivity contribution in [3.63, 3.8) is 0 Å². The Balaban J connectivity index is 1.63. The molecule has 1 aliphatic rings. The molecule has 0 bridgehead atoms. The summed E-state index contributed by atoms with van der Waals surface area (Å²) >= 11 is 3.40. The molecular formula is C17H17BrN2O2. The SMILES string of the molecule is Cc1cccc(OC2CCN(C(=O)c3cccc(Br)c3)C2)n1. The van der Waals surface area contributed by atoms with Gasteiger partial charge in [0.1, 0.15) is 6.10 Å². The number of hydrogen-bond donors (Lipinski definition) is 0. The van der Waals surface area contributed by atoms with E-state index < -0.39 is 0 Å². The van der Waals surface area contributed by atoms with Crippen LogP contribution in [0.3, 0.4) is 0 Å². The zero-order valence-electron chi connectivity index (χ0n) is 12.3. The van der Waals surface area contributed by atoms with E-state index >= 15 is 0 Å². The van der Waals surface area contributed by atoms with Gasteiger partial charge in [-0.2, -0.15) is 0 Å². The van der Waals surface area contributed by atoms with Crippen molar-refractivity contribution in [1.29, 1.82) is 0 Å². The van der Waals surface area contributed by atoms with Crippen molar-refractivity contribution >= 4 is 21.8 Å². The summed E-state index contributed by atoms with van der Waals surface area (Å²) in [4.78, 5) is 18.7. The Morgan fingerprint density at radius 1 is 1.32 bits per heavy atom. The van der Waals surface area contributed by atoms with Crippen molar-refractivity contribution in [2.75, 3.05) is 13.1 Å². The summed E-state index contributed by atoms with van der Waals surface area (Å²) in [6.07, 6.45) is 0.834. The van der Waals surface area contributed by atoms with E-state index in [4.69, 9.17) is 4.74 Å². The van der Waals surface area contributed by atoms with E-state index in [2.05, 4.69) is 20.9 Å². The van der Waals surface area contributed by atoms with Gasteiger partial charge in [0.2, 0.25) is 5.88 Å². The van der Waals surface area contributed by atoms with Gasteiger partial charge in [0.15, 0.2) is 0 Å². The number of aromatic nitrogens is 1. The summed E-state index contributed by atoms with van der Waals surface area (Å²) in [7, 11) is 0. The predicted molar refractivity (Wildman–Crippen MR) is 88.1 cm³/mol. The molecule has 22 heavy (non-hydrogen) atoms. The third-order valence-corrected chi connectivity index (χ3v) is 4.15. The van der Waals surface area contributed by atoms with Crippen molar-refractivity contribution in [2.24, 2.45) is 0 Å². The van der Waals surface area contributed by atoms with Crippen molar-refractivity contribution in [1.82, 2.24) is 9.88 Å². The molecule has 5 heteroatoms. The molecule has 1 aromatic heterocycles. The highest BCUT2D eigenvalue weighted by Gasteiger charge is 2.28. The lowest BCUT2D eigenvalue weighted by Crippen LogP contribution is -2.31. The monoisotopic (exact) mass is 360 g/mol. The Hall–Kier alpha value is -1.88. The Kier molecular flexibility index (Phi) is 4.43. The Labute approximate surface area is 138 Å². The Bertz CT molecular complexity index is 690. The molecule has 0 saturated carbocycles. The molecule has 1 aromatic carbocycles. The molecule has 0 spiro atoms. The second-order valence-corrected chi connectivity index (χ2v) is 6.32. The number of nitrogens with zero attached hydrogens (tertiary/aromatic N) is 2. The smallest absolute Gasteiger partial charge is 0.254 e. The molecule has 1 saturated heterocycles. The fourth-order valence-electron chi connectivity index (χ4n) is 2.57. The number of amides is 1. The molecule has 3 rings (SSSR count). The van der Waals surface area contributed by atoms with Crippen molar-refractivity contribution < 1.29 is 9.53 Å². The number of benzene rings is 1. The molecule has 114 valence electrons. The summed E-state index contributed by atoms with van der Waals surface area (Å²) in [6, 6.07) is 13.2. The van der Waals surface area contributed by atoms with Gasteiger partial charge in [-0.15, -0.1) is 0 Å². The van der Waals surface area contributed by atoms with Crippen LogP contribution in [0.25, 0.3) is 0 Å². The maximum atomic E-state index is 12.5. The summed E-state index contributed by atoms with van der Waals surface area (Å²) in [6.45, 7) is 3.24. The highest BCUT2D eigenvalue weighted by atomic mass is 79.9. The normalized spacial score (nSPS) is 17.5. The summed E-state index contributed by atoms with van der Waals surface area (Å²) in [5.41, 5.74) is 1.63. The van der Waals surface area contributed by atoms with Crippen molar-refractivity contribution in [3.8, 4) is 5.88 Å². The number of rotatable bonds is 3. The second kappa shape index (κ2) is 6.48. The number of aryl methyl sites for hydroxylation is 1. The van der Waals surface area contributed by atoms with Crippen LogP contribution in [0.5, 0.6) is 5.88 Å². The van der Waals surface area contributed by atoms with E-state index in [0.717, 1.165) is 16.6 Å². The molecule has 0 radical (unpaired) electrons. The van der Waals surface area contributed by atoms with Gasteiger partial charge in [0, 0.05) is 34.8 Å². The Morgan fingerprint density at radius 2 is 2.14 bits per heavy atom. The minimum Gasteiger partial charge on any atom is -0.472 e. The molecule has 0 N–H and O–H groups in total. The van der Waals surface area contributed by atoms with E-state index in [0.29, 0.717) is 24.5 Å². The van der Waals surface area contributed by atoms with Gasteiger partial charge in [-0.1, -0.05) is 28.1 Å². The van der Waals surface area contributed by atoms with Crippen molar-refractivity contribution in [2.45, 2.75) is 19.4 Å². The number of likely N-dealkylation sites (tertiary alicyclic amines) is 1. The first-order valence-electron chi connectivity index (χ1n) is 7.27. The van der Waals surface area contributed by atoms with Crippen LogP contribution in [0, 0.1) is 6.92 Å². The number of carbonyl (C=O) groups is 1. The highest BCUT2D eigenvalue weighted by molar-refractivity contribution is 9.10. The molecule has 2 heterocycles. The van der Waals surface area contributed by atoms with Crippen LogP contribution in [-0.4, -0.2) is 35.0 Å². The molecule has 1 fully saturated rings. The fourth-order valence-corrected chi connectivity index (χ4v) is 2.97. The van der Waals surface area contributed by atoms with E-state index in [9.17, 15) is 4.79 Å². The molecule has 0 aliphatic carbocycles. The lowest BCUT2D eigenvalue weighted by atomic mass is 10.2. The summed E-state index contributed by atoms with van der Waals surface area (Å²) in [5.74, 6) is 0.673. The van der Waals surface area contributed by atoms with Crippen LogP contribution < -0.4 is 4.74 Å². The third kappa shape index (κ3) is 3.47. The lowest BCUT2D eigenvalue weighted by Gasteiger charge is -2.17. The van der Waals surface area contributed by atoms with E-state index in [1.807, 2.05) is 54.3 Å². The average molecular weight is 361 g/mol. The van der Waals surface area contributed by atoms with Crippen LogP contribution in [0.1, 0.15) is 22.5 Å². The van der Waals surface area contributed by atoms with Gasteiger partial charge in [-0.05, 0) is 31.2 Å². The first kappa shape index (κ1) is 15.0. The van der Waals surface area contributed by atoms with E-state index in [-0.39, 0.29) is 12.0 Å². The summed E-state index contributed by atoms with van der Waals surface area (Å²) in [5, 5.41) is 0. The maximum Gasteiger partial charge on any atom is 0.254 e. The number of carbonyl (C=O) groups excluding carboxylic acids is 1. The van der Waals surface area contributed by atoms with Gasteiger partial charge in [0.05, 0.1) is 6.54 Å². The minimum absolute atomic E-state index is 0.00500. The number of pyridine rings is 1. The number of hydrogen-bond acceptors (Lipinski definition) is 3. The van der Waals surface area contributed by atoms with Gasteiger partial charge >= 0.3 is 0 Å². The molecule has 4 nitrogen and oxygen atoms in total. The van der Waals surface area contributed by atoms with Crippen molar-refractivity contribution in [3.05, 3.63) is 58.2 Å². The molecule has 2 aromatic rings. The average Bonchev–Trinajstić information content (AvgIpc) is 2.95. The third-order valence-electron chi connectivity index (χ3n) is 3.65. The number of halogens is 1. The predicted octanol–water partition coefficient (Wildman–Crippen LogP) is 3.45. The molecule has 1 amide bonds. The quantitative estimate of drug-likeness (QED) is 0.841. The first-order valence-corrected chi connectivity index (χ1v) is 8.06. The lowest BCUT2D eigenvalue weighted by molar-refractivity contribution is 0.0771. The van der Waals surface area contributed by atoms with Crippen LogP contribution in [-0.2, 0) is 0 Å². The standard InChI is InChI=1S/C17H17BrN2O2/c1-12-4-2-7-16(19-12)22-15-8-9-20(11-15)17(21)13-5-3-6-14(18)10-13/h2-7,10,15H,8-9,11H2,1H3. The van der Waals surface area contributed by atoms with Crippen LogP contribution in [0.2, 0.25) is 0 Å². The first-order chi connectivity index (χ1) is 10.6. The summed E-state index contributed by atoms with van der Waals surface area (Å²) < 4.78 is 6.79. The zero-order valence-corrected chi connectivity index (χ0v) is 13.9. The second-order valence-electron chi connectivity index (χ2n) is 5.41. The molecule has 1 aliphatic heterocycles. The van der Waals surface area contributed by atoms with Gasteiger partial charge in [-0.3, -0.25) is 4.79 Å². The fraction of sp³-hybridized carbons (Fsp3) is 0.294. The minimum atomic E-state index is 0.00500. The molecule has 1 atom stereocenters. The van der Waals surface area contributed by atoms with E-state index in [1.54, 1.807) is 0 Å². The molecule has 1 unspecified atom stereocenters. The van der Waals surface area contributed by atoms with Gasteiger partial charge in [0.25, 0.3) is 5.91 Å². The largest absolute Gasteiger partial charge is 0.472 e. The zero-order chi connectivity index (χ0) is 15.5. The van der Waals surface area contributed by atoms with Gasteiger partial charge < -0.3 is 9.64 Å². The maximum absolute atomic E-state index is 12.5. The van der Waals surface area contributed by atoms with E-state index in [1.165, 1.54) is 0 Å². The van der Waals surface area contributed by atoms with Crippen LogP contribution in [0.15, 0.2) is 46.9 Å². The highest BCUT2D eigenvalue weighted by Crippen LogP contribution is 2.20. The van der Waals surface area contributed by atoms with Crippen LogP contribution >= 0.6 is 15.9 Å². The Morgan fingerprint density at radius 3 is 2.91 bits per heavy atom. The topological polar surface area (TPSA) is 42.4 Å². The molecular weight excluding hydrogens is 344 g/mol.